The minimum absolute atomic E-state index is 0.105. The molecule has 5 nitrogen and oxygen atoms in total. The topological polar surface area (TPSA) is 62.6 Å². The average Bonchev–Trinajstić information content (AvgIpc) is 2.80. The van der Waals surface area contributed by atoms with E-state index >= 15 is 0 Å². The molecule has 1 fully saturated rings. The zero-order valence-corrected chi connectivity index (χ0v) is 10.0. The van der Waals surface area contributed by atoms with Gasteiger partial charge in [-0.3, -0.25) is 9.59 Å². The quantitative estimate of drug-likeness (QED) is 0.826. The van der Waals surface area contributed by atoms with Crippen LogP contribution in [0.4, 0.5) is 0 Å². The van der Waals surface area contributed by atoms with Gasteiger partial charge < -0.3 is 14.6 Å². The van der Waals surface area contributed by atoms with Crippen LogP contribution in [0, 0.1) is 0 Å². The molecule has 0 saturated carbocycles. The number of nitrogens with zero attached hydrogens (tertiary/aromatic N) is 1. The summed E-state index contributed by atoms with van der Waals surface area (Å²) in [5.74, 6) is 0.442. The number of amides is 2. The highest BCUT2D eigenvalue weighted by atomic mass is 16.3. The summed E-state index contributed by atoms with van der Waals surface area (Å²) in [4.78, 5) is 25.4. The van der Waals surface area contributed by atoms with Gasteiger partial charge in [-0.25, -0.2) is 0 Å². The van der Waals surface area contributed by atoms with Crippen molar-refractivity contribution in [2.45, 2.75) is 26.3 Å². The van der Waals surface area contributed by atoms with Crippen LogP contribution in [0.5, 0.6) is 0 Å². The molecule has 0 radical (unpaired) electrons. The molecule has 1 aliphatic heterocycles. The molecule has 1 aromatic rings. The molecular formula is C12H16N2O3. The Kier molecular flexibility index (Phi) is 3.17. The highest BCUT2D eigenvalue weighted by molar-refractivity contribution is 5.98. The lowest BCUT2D eigenvalue weighted by Crippen LogP contribution is -2.55. The zero-order valence-electron chi connectivity index (χ0n) is 10.0. The lowest BCUT2D eigenvalue weighted by Gasteiger charge is -2.32. The molecule has 0 aliphatic carbocycles. The van der Waals surface area contributed by atoms with E-state index < -0.39 is 6.04 Å². The Hall–Kier alpha value is -1.78. The van der Waals surface area contributed by atoms with Crippen LogP contribution in [0.1, 0.15) is 30.0 Å². The van der Waals surface area contributed by atoms with Gasteiger partial charge in [-0.15, -0.1) is 0 Å². The Balaban J connectivity index is 2.22. The molecule has 0 spiro atoms. The van der Waals surface area contributed by atoms with Crippen molar-refractivity contribution in [3.8, 4) is 0 Å². The number of hydrogen-bond acceptors (Lipinski definition) is 3. The summed E-state index contributed by atoms with van der Waals surface area (Å²) in [7, 11) is 0. The van der Waals surface area contributed by atoms with Crippen LogP contribution in [0.2, 0.25) is 0 Å². The number of furan rings is 1. The summed E-state index contributed by atoms with van der Waals surface area (Å²) in [5.41, 5.74) is 0.564. The van der Waals surface area contributed by atoms with Crippen LogP contribution in [0.15, 0.2) is 16.7 Å². The lowest BCUT2D eigenvalue weighted by atomic mass is 10.1. The third kappa shape index (κ3) is 2.05. The van der Waals surface area contributed by atoms with Gasteiger partial charge in [0.25, 0.3) is 5.91 Å². The van der Waals surface area contributed by atoms with Crippen LogP contribution in [-0.4, -0.2) is 35.8 Å². The van der Waals surface area contributed by atoms with Crippen LogP contribution in [-0.2, 0) is 11.2 Å². The molecule has 5 heteroatoms. The Bertz CT molecular complexity index is 439. The number of nitrogens with one attached hydrogen (secondary N) is 1. The molecule has 1 unspecified atom stereocenters. The second-order valence-corrected chi connectivity index (χ2v) is 4.08. The zero-order chi connectivity index (χ0) is 12.4. The fraction of sp³-hybridized carbons (Fsp3) is 0.500. The molecule has 2 heterocycles. The van der Waals surface area contributed by atoms with Crippen molar-refractivity contribution in [1.82, 2.24) is 10.2 Å². The molecule has 2 rings (SSSR count). The third-order valence-corrected chi connectivity index (χ3v) is 3.06. The molecule has 0 aromatic carbocycles. The number of carbonyl (C=O) groups excluding carboxylic acids is 2. The van der Waals surface area contributed by atoms with Crippen molar-refractivity contribution >= 4 is 11.8 Å². The van der Waals surface area contributed by atoms with Crippen molar-refractivity contribution in [3.63, 3.8) is 0 Å². The van der Waals surface area contributed by atoms with Crippen molar-refractivity contribution < 1.29 is 14.0 Å². The van der Waals surface area contributed by atoms with Gasteiger partial charge in [0.2, 0.25) is 5.91 Å². The van der Waals surface area contributed by atoms with Gasteiger partial charge in [-0.2, -0.15) is 0 Å². The van der Waals surface area contributed by atoms with Gasteiger partial charge in [0.05, 0.1) is 11.8 Å². The summed E-state index contributed by atoms with van der Waals surface area (Å²) in [6.07, 6.45) is 2.18. The van der Waals surface area contributed by atoms with E-state index in [-0.39, 0.29) is 11.8 Å². The minimum Gasteiger partial charge on any atom is -0.469 e. The molecular weight excluding hydrogens is 220 g/mol. The Morgan fingerprint density at radius 3 is 3.12 bits per heavy atom. The van der Waals surface area contributed by atoms with E-state index in [9.17, 15) is 9.59 Å². The van der Waals surface area contributed by atoms with Gasteiger partial charge in [-0.05, 0) is 13.0 Å². The molecule has 1 saturated heterocycles. The molecule has 1 aliphatic rings. The second-order valence-electron chi connectivity index (χ2n) is 4.08. The van der Waals surface area contributed by atoms with Gasteiger partial charge in [0, 0.05) is 19.5 Å². The molecule has 92 valence electrons. The van der Waals surface area contributed by atoms with E-state index in [1.165, 1.54) is 6.26 Å². The van der Waals surface area contributed by atoms with Crippen LogP contribution >= 0.6 is 0 Å². The Morgan fingerprint density at radius 2 is 2.41 bits per heavy atom. The van der Waals surface area contributed by atoms with E-state index in [4.69, 9.17) is 4.42 Å². The van der Waals surface area contributed by atoms with E-state index in [0.29, 0.717) is 30.8 Å². The fourth-order valence-electron chi connectivity index (χ4n) is 2.02. The number of aryl methyl sites for hydroxylation is 1. The number of piperazine rings is 1. The molecule has 0 bridgehead atoms. The summed E-state index contributed by atoms with van der Waals surface area (Å²) >= 11 is 0. The first kappa shape index (κ1) is 11.7. The number of hydrogen-bond donors (Lipinski definition) is 1. The number of rotatable bonds is 2. The van der Waals surface area contributed by atoms with Crippen molar-refractivity contribution in [2.75, 3.05) is 13.1 Å². The largest absolute Gasteiger partial charge is 0.469 e. The monoisotopic (exact) mass is 236 g/mol. The summed E-state index contributed by atoms with van der Waals surface area (Å²) in [6, 6.07) is 1.25. The Labute approximate surface area is 99.8 Å². The predicted octanol–water partition coefficient (Wildman–Crippen LogP) is 0.802. The summed E-state index contributed by atoms with van der Waals surface area (Å²) in [6.45, 7) is 4.72. The van der Waals surface area contributed by atoms with E-state index in [2.05, 4.69) is 5.32 Å². The second kappa shape index (κ2) is 4.61. The van der Waals surface area contributed by atoms with Crippen molar-refractivity contribution in [3.05, 3.63) is 23.7 Å². The van der Waals surface area contributed by atoms with Gasteiger partial charge in [0.1, 0.15) is 11.8 Å². The van der Waals surface area contributed by atoms with Crippen molar-refractivity contribution in [1.29, 1.82) is 0 Å². The molecule has 17 heavy (non-hydrogen) atoms. The van der Waals surface area contributed by atoms with Gasteiger partial charge >= 0.3 is 0 Å². The molecule has 2 amide bonds. The Morgan fingerprint density at radius 1 is 1.65 bits per heavy atom. The first-order valence-corrected chi connectivity index (χ1v) is 5.80. The van der Waals surface area contributed by atoms with Crippen LogP contribution in [0.25, 0.3) is 0 Å². The average molecular weight is 236 g/mol. The smallest absolute Gasteiger partial charge is 0.258 e. The maximum atomic E-state index is 12.3. The maximum absolute atomic E-state index is 12.3. The first-order valence-electron chi connectivity index (χ1n) is 5.80. The fourth-order valence-corrected chi connectivity index (χ4v) is 2.02. The van der Waals surface area contributed by atoms with Crippen molar-refractivity contribution in [2.24, 2.45) is 0 Å². The third-order valence-electron chi connectivity index (χ3n) is 3.06. The highest BCUT2D eigenvalue weighted by Gasteiger charge is 2.31. The van der Waals surface area contributed by atoms with Crippen LogP contribution < -0.4 is 5.32 Å². The predicted molar refractivity (Wildman–Crippen MR) is 61.6 cm³/mol. The number of carbonyl (C=O) groups is 2. The summed E-state index contributed by atoms with van der Waals surface area (Å²) in [5, 5.41) is 2.73. The lowest BCUT2D eigenvalue weighted by molar-refractivity contribution is -0.127. The first-order chi connectivity index (χ1) is 8.15. The standard InChI is InChI=1S/C12H16N2O3/c1-3-10-9(4-7-17-10)12(16)14-6-5-13-11(15)8(14)2/h4,7-8H,3,5-6H2,1-2H3,(H,13,15). The summed E-state index contributed by atoms with van der Waals surface area (Å²) < 4.78 is 5.24. The van der Waals surface area contributed by atoms with E-state index in [0.717, 1.165) is 0 Å². The van der Waals surface area contributed by atoms with Gasteiger partial charge in [-0.1, -0.05) is 6.92 Å². The molecule has 1 atom stereocenters. The van der Waals surface area contributed by atoms with E-state index in [1.807, 2.05) is 6.92 Å². The normalized spacial score (nSPS) is 20.2. The molecule has 1 N–H and O–H groups in total. The van der Waals surface area contributed by atoms with E-state index in [1.54, 1.807) is 17.9 Å². The van der Waals surface area contributed by atoms with Gasteiger partial charge in [0.15, 0.2) is 0 Å². The maximum Gasteiger partial charge on any atom is 0.258 e. The minimum atomic E-state index is -0.421. The molecule has 1 aromatic heterocycles. The SMILES string of the molecule is CCc1occc1C(=O)N1CCNC(=O)C1C. The van der Waals surface area contributed by atoms with Crippen LogP contribution in [0.3, 0.4) is 0 Å². The highest BCUT2D eigenvalue weighted by Crippen LogP contribution is 2.16.